The van der Waals surface area contributed by atoms with Gasteiger partial charge >= 0.3 is 0 Å². The molecule has 1 aromatic carbocycles. The first-order valence-corrected chi connectivity index (χ1v) is 9.31. The quantitative estimate of drug-likeness (QED) is 0.816. The van der Waals surface area contributed by atoms with E-state index in [0.717, 1.165) is 35.0 Å². The summed E-state index contributed by atoms with van der Waals surface area (Å²) in [4.78, 5) is 14.8. The lowest BCUT2D eigenvalue weighted by atomic mass is 9.54. The average molecular weight is 408 g/mol. The number of likely N-dealkylation sites (tertiary alicyclic amines) is 1. The van der Waals surface area contributed by atoms with E-state index in [1.807, 2.05) is 12.1 Å². The van der Waals surface area contributed by atoms with Gasteiger partial charge in [0.05, 0.1) is 14.2 Å². The zero-order valence-corrected chi connectivity index (χ0v) is 16.2. The molecule has 0 unspecified atom stereocenters. The third-order valence-electron chi connectivity index (χ3n) is 6.28. The Morgan fingerprint density at radius 1 is 1.32 bits per heavy atom. The first-order valence-electron chi connectivity index (χ1n) is 8.52. The van der Waals surface area contributed by atoms with E-state index in [1.165, 1.54) is 7.11 Å². The van der Waals surface area contributed by atoms with Crippen LogP contribution in [0.2, 0.25) is 0 Å². The van der Waals surface area contributed by atoms with Crippen LogP contribution in [0.4, 0.5) is 0 Å². The molecule has 1 aromatic rings. The van der Waals surface area contributed by atoms with Gasteiger partial charge in [0.2, 0.25) is 0 Å². The Balaban J connectivity index is 2.04. The number of carbonyl (C=O) groups is 1. The number of phenols is 1. The van der Waals surface area contributed by atoms with Crippen LogP contribution in [0.25, 0.3) is 0 Å². The standard InChI is InChI=1S/C19H22BrNO4/c1-21-5-4-19-9-16(25-3)14(22)7-11(19)13(21)6-10-12(20)8-15(24-2)18(23)17(10)19/h8-9,11,13,23H,4-7H2,1-3H3/t11-,13+,19-/m0/s1. The molecule has 134 valence electrons. The number of benzene rings is 1. The van der Waals surface area contributed by atoms with Gasteiger partial charge in [-0.2, -0.15) is 0 Å². The van der Waals surface area contributed by atoms with E-state index in [-0.39, 0.29) is 23.5 Å². The summed E-state index contributed by atoms with van der Waals surface area (Å²) in [5.74, 6) is 1.24. The SMILES string of the molecule is COC1=C[C@]23CCN(C)[C@H](Cc4c(Br)cc(OC)c(O)c42)[C@@H]3CC1=O. The monoisotopic (exact) mass is 407 g/mol. The van der Waals surface area contributed by atoms with E-state index >= 15 is 0 Å². The van der Waals surface area contributed by atoms with Crippen LogP contribution in [0.3, 0.4) is 0 Å². The highest BCUT2D eigenvalue weighted by Crippen LogP contribution is 2.58. The number of fused-ring (bicyclic) bond motifs is 1. The lowest BCUT2D eigenvalue weighted by Crippen LogP contribution is -2.60. The molecule has 5 nitrogen and oxygen atoms in total. The number of phenolic OH excluding ortho intramolecular Hbond substituents is 1. The molecule has 1 N–H and O–H groups in total. The van der Waals surface area contributed by atoms with Gasteiger partial charge < -0.3 is 19.5 Å². The molecule has 0 amide bonds. The molecule has 1 aliphatic heterocycles. The molecule has 3 atom stereocenters. The second-order valence-corrected chi connectivity index (χ2v) is 8.11. The van der Waals surface area contributed by atoms with E-state index < -0.39 is 5.41 Å². The van der Waals surface area contributed by atoms with Crippen molar-refractivity contribution in [2.45, 2.75) is 30.7 Å². The number of aromatic hydroxyl groups is 1. The van der Waals surface area contributed by atoms with Crippen LogP contribution in [-0.2, 0) is 21.4 Å². The van der Waals surface area contributed by atoms with Gasteiger partial charge in [-0.05, 0) is 50.1 Å². The Labute approximate surface area is 155 Å². The normalized spacial score (nSPS) is 31.0. The molecule has 0 aromatic heterocycles. The molecular weight excluding hydrogens is 386 g/mol. The van der Waals surface area contributed by atoms with Gasteiger partial charge in [0, 0.05) is 27.9 Å². The van der Waals surface area contributed by atoms with Crippen LogP contribution in [0.1, 0.15) is 24.0 Å². The zero-order valence-electron chi connectivity index (χ0n) is 14.6. The maximum atomic E-state index is 12.5. The maximum Gasteiger partial charge on any atom is 0.197 e. The van der Waals surface area contributed by atoms with E-state index in [4.69, 9.17) is 9.47 Å². The number of allylic oxidation sites excluding steroid dienone is 2. The highest BCUT2D eigenvalue weighted by atomic mass is 79.9. The summed E-state index contributed by atoms with van der Waals surface area (Å²) in [5.41, 5.74) is 1.60. The molecule has 0 spiro atoms. The fourth-order valence-electron chi connectivity index (χ4n) is 5.05. The molecule has 1 fully saturated rings. The summed E-state index contributed by atoms with van der Waals surface area (Å²) in [5, 5.41) is 11.0. The van der Waals surface area contributed by atoms with Crippen molar-refractivity contribution in [2.75, 3.05) is 27.8 Å². The predicted molar refractivity (Wildman–Crippen MR) is 97.0 cm³/mol. The van der Waals surface area contributed by atoms with Gasteiger partial charge in [0.25, 0.3) is 0 Å². The summed E-state index contributed by atoms with van der Waals surface area (Å²) in [6, 6.07) is 2.10. The molecule has 6 heteroatoms. The van der Waals surface area contributed by atoms with E-state index in [9.17, 15) is 9.90 Å². The summed E-state index contributed by atoms with van der Waals surface area (Å²) in [7, 11) is 5.22. The highest BCUT2D eigenvalue weighted by molar-refractivity contribution is 9.10. The van der Waals surface area contributed by atoms with Crippen LogP contribution in [0.5, 0.6) is 11.5 Å². The van der Waals surface area contributed by atoms with Gasteiger partial charge in [-0.15, -0.1) is 0 Å². The molecule has 2 aliphatic carbocycles. The molecule has 1 heterocycles. The number of halogens is 1. The van der Waals surface area contributed by atoms with Crippen molar-refractivity contribution in [3.63, 3.8) is 0 Å². The third-order valence-corrected chi connectivity index (χ3v) is 6.98. The number of likely N-dealkylation sites (N-methyl/N-ethyl adjacent to an activating group) is 1. The van der Waals surface area contributed by atoms with Crippen LogP contribution in [0.15, 0.2) is 22.4 Å². The average Bonchev–Trinajstić information content (AvgIpc) is 2.60. The molecule has 25 heavy (non-hydrogen) atoms. The number of carbonyl (C=O) groups excluding carboxylic acids is 1. The summed E-state index contributed by atoms with van der Waals surface area (Å²) in [6.45, 7) is 0.913. The van der Waals surface area contributed by atoms with Crippen LogP contribution in [-0.4, -0.2) is 49.6 Å². The largest absolute Gasteiger partial charge is 0.504 e. The molecular formula is C19H22BrNO4. The summed E-state index contributed by atoms with van der Waals surface area (Å²) >= 11 is 3.66. The molecule has 1 saturated heterocycles. The Bertz CT molecular complexity index is 790. The smallest absolute Gasteiger partial charge is 0.197 e. The number of ketones is 1. The lowest BCUT2D eigenvalue weighted by molar-refractivity contribution is -0.122. The number of ether oxygens (including phenoxy) is 2. The predicted octanol–water partition coefficient (Wildman–Crippen LogP) is 2.78. The van der Waals surface area contributed by atoms with Gasteiger partial charge in [0.15, 0.2) is 23.0 Å². The van der Waals surface area contributed by atoms with Crippen molar-refractivity contribution < 1.29 is 19.4 Å². The minimum absolute atomic E-state index is 0.0494. The topological polar surface area (TPSA) is 59.0 Å². The second kappa shape index (κ2) is 5.74. The molecule has 0 radical (unpaired) electrons. The zero-order chi connectivity index (χ0) is 17.9. The molecule has 3 aliphatic rings. The van der Waals surface area contributed by atoms with Crippen molar-refractivity contribution in [1.82, 2.24) is 4.90 Å². The lowest BCUT2D eigenvalue weighted by Gasteiger charge is -2.56. The van der Waals surface area contributed by atoms with Crippen molar-refractivity contribution >= 4 is 21.7 Å². The maximum absolute atomic E-state index is 12.5. The first-order chi connectivity index (χ1) is 11.9. The van der Waals surface area contributed by atoms with Crippen molar-refractivity contribution in [3.8, 4) is 11.5 Å². The number of nitrogens with zero attached hydrogens (tertiary/aromatic N) is 1. The van der Waals surface area contributed by atoms with E-state index in [2.05, 4.69) is 27.9 Å². The fourth-order valence-corrected chi connectivity index (χ4v) is 5.62. The van der Waals surface area contributed by atoms with Crippen molar-refractivity contribution in [2.24, 2.45) is 5.92 Å². The Morgan fingerprint density at radius 2 is 2.08 bits per heavy atom. The third kappa shape index (κ3) is 2.20. The van der Waals surface area contributed by atoms with Gasteiger partial charge in [-0.1, -0.05) is 15.9 Å². The number of Topliss-reactive ketones (excluding diaryl/α,β-unsaturated/α-hetero) is 1. The summed E-state index contributed by atoms with van der Waals surface area (Å²) in [6.07, 6.45) is 4.06. The number of rotatable bonds is 2. The minimum Gasteiger partial charge on any atom is -0.504 e. The van der Waals surface area contributed by atoms with Crippen molar-refractivity contribution in [1.29, 1.82) is 0 Å². The van der Waals surface area contributed by atoms with Gasteiger partial charge in [-0.25, -0.2) is 0 Å². The molecule has 4 rings (SSSR count). The van der Waals surface area contributed by atoms with E-state index in [0.29, 0.717) is 17.9 Å². The number of hydrogen-bond donors (Lipinski definition) is 1. The minimum atomic E-state index is -0.398. The fraction of sp³-hybridized carbons (Fsp3) is 0.526. The van der Waals surface area contributed by atoms with Gasteiger partial charge in [-0.3, -0.25) is 4.79 Å². The Hall–Kier alpha value is -1.53. The van der Waals surface area contributed by atoms with Crippen LogP contribution in [0, 0.1) is 5.92 Å². The van der Waals surface area contributed by atoms with Crippen LogP contribution >= 0.6 is 15.9 Å². The van der Waals surface area contributed by atoms with Crippen molar-refractivity contribution in [3.05, 3.63) is 33.5 Å². The Morgan fingerprint density at radius 3 is 2.76 bits per heavy atom. The highest BCUT2D eigenvalue weighted by Gasteiger charge is 2.56. The Kier molecular flexibility index (Phi) is 3.88. The number of methoxy groups -OCH3 is 2. The molecule has 2 bridgehead atoms. The first kappa shape index (κ1) is 16.9. The number of piperidine rings is 1. The van der Waals surface area contributed by atoms with Gasteiger partial charge in [0.1, 0.15) is 0 Å². The summed E-state index contributed by atoms with van der Waals surface area (Å²) < 4.78 is 11.7. The second-order valence-electron chi connectivity index (χ2n) is 7.25. The molecule has 0 saturated carbocycles. The van der Waals surface area contributed by atoms with E-state index in [1.54, 1.807) is 7.11 Å². The number of hydrogen-bond acceptors (Lipinski definition) is 5. The van der Waals surface area contributed by atoms with Crippen LogP contribution < -0.4 is 4.74 Å².